The van der Waals surface area contributed by atoms with Crippen molar-refractivity contribution >= 4 is 15.9 Å². The number of hydrogen-bond acceptors (Lipinski definition) is 3. The van der Waals surface area contributed by atoms with Crippen LogP contribution in [0.25, 0.3) is 0 Å². The van der Waals surface area contributed by atoms with Crippen LogP contribution in [0.15, 0.2) is 41.0 Å². The van der Waals surface area contributed by atoms with Crippen LogP contribution in [0, 0.1) is 5.82 Å². The minimum atomic E-state index is -1.16. The van der Waals surface area contributed by atoms with Gasteiger partial charge in [0, 0.05) is 16.2 Å². The molecule has 3 nitrogen and oxygen atoms in total. The van der Waals surface area contributed by atoms with Crippen molar-refractivity contribution in [1.29, 1.82) is 0 Å². The highest BCUT2D eigenvalue weighted by Crippen LogP contribution is 2.30. The van der Waals surface area contributed by atoms with Gasteiger partial charge in [-0.3, -0.25) is 4.98 Å². The molecule has 1 atom stereocenters. The standard InChI is InChI=1S/C13H11BrFNO2/c1-18-11-3-2-6-16-12(11)13(17)9-5-4-8(14)7-10(9)15/h2-7,13,17H,1H3. The van der Waals surface area contributed by atoms with Gasteiger partial charge in [0.1, 0.15) is 23.4 Å². The van der Waals surface area contributed by atoms with Crippen LogP contribution < -0.4 is 4.74 Å². The molecule has 0 aliphatic heterocycles. The van der Waals surface area contributed by atoms with Crippen LogP contribution in [-0.4, -0.2) is 17.2 Å². The summed E-state index contributed by atoms with van der Waals surface area (Å²) < 4.78 is 19.5. The van der Waals surface area contributed by atoms with Gasteiger partial charge in [0.25, 0.3) is 0 Å². The fourth-order valence-corrected chi connectivity index (χ4v) is 1.98. The number of aromatic nitrogens is 1. The van der Waals surface area contributed by atoms with E-state index in [-0.39, 0.29) is 5.56 Å². The second-order valence-corrected chi connectivity index (χ2v) is 4.57. The first-order valence-electron chi connectivity index (χ1n) is 5.25. The molecule has 1 heterocycles. The normalized spacial score (nSPS) is 12.2. The molecule has 94 valence electrons. The number of methoxy groups -OCH3 is 1. The minimum Gasteiger partial charge on any atom is -0.495 e. The van der Waals surface area contributed by atoms with E-state index < -0.39 is 11.9 Å². The van der Waals surface area contributed by atoms with E-state index in [1.54, 1.807) is 18.2 Å². The molecule has 1 aromatic heterocycles. The van der Waals surface area contributed by atoms with Crippen molar-refractivity contribution in [2.24, 2.45) is 0 Å². The number of hydrogen-bond donors (Lipinski definition) is 1. The van der Waals surface area contributed by atoms with E-state index in [0.29, 0.717) is 15.9 Å². The number of benzene rings is 1. The lowest BCUT2D eigenvalue weighted by Gasteiger charge is -2.14. The molecule has 0 amide bonds. The summed E-state index contributed by atoms with van der Waals surface area (Å²) in [5.41, 5.74) is 0.455. The van der Waals surface area contributed by atoms with E-state index in [9.17, 15) is 9.50 Å². The summed E-state index contributed by atoms with van der Waals surface area (Å²) in [4.78, 5) is 4.04. The van der Waals surface area contributed by atoms with Gasteiger partial charge >= 0.3 is 0 Å². The summed E-state index contributed by atoms with van der Waals surface area (Å²) in [5, 5.41) is 10.2. The van der Waals surface area contributed by atoms with Crippen molar-refractivity contribution in [3.05, 3.63) is 58.1 Å². The fourth-order valence-electron chi connectivity index (χ4n) is 1.65. The molecule has 1 N–H and O–H groups in total. The summed E-state index contributed by atoms with van der Waals surface area (Å²) in [7, 11) is 1.48. The highest BCUT2D eigenvalue weighted by atomic mass is 79.9. The zero-order valence-electron chi connectivity index (χ0n) is 9.60. The van der Waals surface area contributed by atoms with Crippen LogP contribution in [0.2, 0.25) is 0 Å². The summed E-state index contributed by atoms with van der Waals surface area (Å²) in [5.74, 6) is -0.0723. The van der Waals surface area contributed by atoms with Gasteiger partial charge in [-0.25, -0.2) is 4.39 Å². The van der Waals surface area contributed by atoms with Gasteiger partial charge < -0.3 is 9.84 Å². The fraction of sp³-hybridized carbons (Fsp3) is 0.154. The number of aliphatic hydroxyl groups excluding tert-OH is 1. The molecule has 0 aliphatic rings. The van der Waals surface area contributed by atoms with E-state index in [1.807, 2.05) is 0 Å². The third-order valence-electron chi connectivity index (χ3n) is 2.54. The number of halogens is 2. The van der Waals surface area contributed by atoms with Gasteiger partial charge in [-0.1, -0.05) is 22.0 Å². The molecule has 18 heavy (non-hydrogen) atoms. The van der Waals surface area contributed by atoms with Gasteiger partial charge in [0.15, 0.2) is 0 Å². The molecule has 0 saturated carbocycles. The quantitative estimate of drug-likeness (QED) is 0.947. The third-order valence-corrected chi connectivity index (χ3v) is 3.03. The first-order chi connectivity index (χ1) is 8.63. The summed E-state index contributed by atoms with van der Waals surface area (Å²) in [6, 6.07) is 7.83. The van der Waals surface area contributed by atoms with Crippen molar-refractivity contribution in [1.82, 2.24) is 4.98 Å². The Kier molecular flexibility index (Phi) is 3.93. The molecule has 1 aromatic carbocycles. The zero-order chi connectivity index (χ0) is 13.1. The predicted molar refractivity (Wildman–Crippen MR) is 69.0 cm³/mol. The van der Waals surface area contributed by atoms with Crippen LogP contribution in [-0.2, 0) is 0 Å². The number of ether oxygens (including phenoxy) is 1. The Morgan fingerprint density at radius 2 is 2.17 bits per heavy atom. The molecular formula is C13H11BrFNO2. The lowest BCUT2D eigenvalue weighted by atomic mass is 10.0. The Hall–Kier alpha value is -1.46. The first-order valence-corrected chi connectivity index (χ1v) is 6.04. The third kappa shape index (κ3) is 2.52. The second-order valence-electron chi connectivity index (χ2n) is 3.66. The molecule has 2 rings (SSSR count). The topological polar surface area (TPSA) is 42.4 Å². The number of pyridine rings is 1. The van der Waals surface area contributed by atoms with Gasteiger partial charge in [-0.2, -0.15) is 0 Å². The van der Waals surface area contributed by atoms with Gasteiger partial charge in [0.2, 0.25) is 0 Å². The Morgan fingerprint density at radius 1 is 1.39 bits per heavy atom. The Morgan fingerprint density at radius 3 is 2.83 bits per heavy atom. The molecule has 0 aliphatic carbocycles. The number of nitrogens with zero attached hydrogens (tertiary/aromatic N) is 1. The summed E-state index contributed by atoms with van der Waals surface area (Å²) in [6.07, 6.45) is 0.368. The maximum Gasteiger partial charge on any atom is 0.143 e. The molecule has 2 aromatic rings. The van der Waals surface area contributed by atoms with Crippen molar-refractivity contribution in [3.8, 4) is 5.75 Å². The average molecular weight is 312 g/mol. The van der Waals surface area contributed by atoms with Crippen LogP contribution in [0.5, 0.6) is 5.75 Å². The summed E-state index contributed by atoms with van der Waals surface area (Å²) in [6.45, 7) is 0. The lowest BCUT2D eigenvalue weighted by Crippen LogP contribution is -2.06. The molecular weight excluding hydrogens is 301 g/mol. The monoisotopic (exact) mass is 311 g/mol. The zero-order valence-corrected chi connectivity index (χ0v) is 11.2. The maximum atomic E-state index is 13.8. The SMILES string of the molecule is COc1cccnc1C(O)c1ccc(Br)cc1F. The molecule has 0 spiro atoms. The largest absolute Gasteiger partial charge is 0.495 e. The maximum absolute atomic E-state index is 13.8. The average Bonchev–Trinajstić information content (AvgIpc) is 2.38. The number of rotatable bonds is 3. The lowest BCUT2D eigenvalue weighted by molar-refractivity contribution is 0.204. The van der Waals surface area contributed by atoms with Gasteiger partial charge in [0.05, 0.1) is 7.11 Å². The van der Waals surface area contributed by atoms with E-state index in [2.05, 4.69) is 20.9 Å². The van der Waals surface area contributed by atoms with Crippen molar-refractivity contribution in [2.75, 3.05) is 7.11 Å². The van der Waals surface area contributed by atoms with Gasteiger partial charge in [-0.05, 0) is 24.3 Å². The van der Waals surface area contributed by atoms with Crippen molar-refractivity contribution < 1.29 is 14.2 Å². The molecule has 1 unspecified atom stereocenters. The highest BCUT2D eigenvalue weighted by molar-refractivity contribution is 9.10. The van der Waals surface area contributed by atoms with Crippen LogP contribution in [0.4, 0.5) is 4.39 Å². The first kappa shape index (κ1) is 13.0. The molecule has 5 heteroatoms. The molecule has 0 saturated heterocycles. The Balaban J connectivity index is 2.44. The van der Waals surface area contributed by atoms with Crippen LogP contribution in [0.3, 0.4) is 0 Å². The van der Waals surface area contributed by atoms with Crippen molar-refractivity contribution in [2.45, 2.75) is 6.10 Å². The predicted octanol–water partition coefficient (Wildman–Crippen LogP) is 3.07. The molecule has 0 radical (unpaired) electrons. The smallest absolute Gasteiger partial charge is 0.143 e. The van der Waals surface area contributed by atoms with E-state index in [0.717, 1.165) is 0 Å². The minimum absolute atomic E-state index is 0.162. The number of aliphatic hydroxyl groups is 1. The van der Waals surface area contributed by atoms with Gasteiger partial charge in [-0.15, -0.1) is 0 Å². The highest BCUT2D eigenvalue weighted by Gasteiger charge is 2.20. The molecule has 0 bridgehead atoms. The van der Waals surface area contributed by atoms with Crippen LogP contribution in [0.1, 0.15) is 17.4 Å². The summed E-state index contributed by atoms with van der Waals surface area (Å²) >= 11 is 3.17. The van der Waals surface area contributed by atoms with E-state index in [1.165, 1.54) is 25.4 Å². The van der Waals surface area contributed by atoms with Crippen LogP contribution >= 0.6 is 15.9 Å². The van der Waals surface area contributed by atoms with Crippen molar-refractivity contribution in [3.63, 3.8) is 0 Å². The van der Waals surface area contributed by atoms with E-state index >= 15 is 0 Å². The molecule has 0 fully saturated rings. The Labute approximate surface area is 112 Å². The Bertz CT molecular complexity index is 562. The second kappa shape index (κ2) is 5.46. The van der Waals surface area contributed by atoms with E-state index in [4.69, 9.17) is 4.74 Å².